The molecule has 0 aromatic heterocycles. The molecule has 92 valence electrons. The predicted molar refractivity (Wildman–Crippen MR) is 76.9 cm³/mol. The summed E-state index contributed by atoms with van der Waals surface area (Å²) in [7, 11) is 0. The minimum Gasteiger partial charge on any atom is -0.0840 e. The first-order valence-corrected chi connectivity index (χ1v) is 7.76. The number of hydrogen-bond donors (Lipinski definition) is 0. The van der Waals surface area contributed by atoms with Crippen LogP contribution in [0.4, 0.5) is 0 Å². The summed E-state index contributed by atoms with van der Waals surface area (Å²) < 4.78 is 0. The molecule has 3 unspecified atom stereocenters. The molecule has 2 aliphatic carbocycles. The summed E-state index contributed by atoms with van der Waals surface area (Å²) in [5, 5.41) is 0.926. The Bertz CT molecular complexity index is 444. The van der Waals surface area contributed by atoms with E-state index in [-0.39, 0.29) is 0 Å². The molecule has 2 saturated carbocycles. The Morgan fingerprint density at radius 3 is 2.35 bits per heavy atom. The molecular formula is C15H18BrCl. The number of aryl methyl sites for hydroxylation is 2. The van der Waals surface area contributed by atoms with Crippen molar-refractivity contribution in [3.05, 3.63) is 33.8 Å². The van der Waals surface area contributed by atoms with Crippen LogP contribution in [0.2, 0.25) is 5.02 Å². The molecule has 3 atom stereocenters. The summed E-state index contributed by atoms with van der Waals surface area (Å²) in [6.07, 6.45) is 4.27. The first kappa shape index (κ1) is 12.0. The maximum absolute atomic E-state index is 6.39. The largest absolute Gasteiger partial charge is 0.0840 e. The lowest BCUT2D eigenvalue weighted by Gasteiger charge is -2.21. The Balaban J connectivity index is 1.85. The lowest BCUT2D eigenvalue weighted by Crippen LogP contribution is -2.06. The van der Waals surface area contributed by atoms with Crippen molar-refractivity contribution >= 4 is 27.5 Å². The van der Waals surface area contributed by atoms with Gasteiger partial charge in [0.1, 0.15) is 0 Å². The van der Waals surface area contributed by atoms with E-state index in [0.29, 0.717) is 4.83 Å². The van der Waals surface area contributed by atoms with Crippen molar-refractivity contribution < 1.29 is 0 Å². The van der Waals surface area contributed by atoms with E-state index >= 15 is 0 Å². The van der Waals surface area contributed by atoms with Gasteiger partial charge in [0.05, 0.1) is 0 Å². The molecular weight excluding hydrogens is 296 g/mol. The second-order valence-electron chi connectivity index (χ2n) is 5.85. The van der Waals surface area contributed by atoms with E-state index in [9.17, 15) is 0 Å². The van der Waals surface area contributed by atoms with E-state index in [0.717, 1.165) is 22.8 Å². The predicted octanol–water partition coefficient (Wildman–Crippen LogP) is 5.44. The van der Waals surface area contributed by atoms with Gasteiger partial charge in [-0.1, -0.05) is 33.6 Å². The molecule has 0 bridgehead atoms. The zero-order valence-electron chi connectivity index (χ0n) is 10.3. The number of benzene rings is 1. The van der Waals surface area contributed by atoms with Crippen LogP contribution in [-0.4, -0.2) is 0 Å². The molecule has 0 nitrogen and oxygen atoms in total. The van der Waals surface area contributed by atoms with Gasteiger partial charge in [-0.25, -0.2) is 0 Å². The van der Waals surface area contributed by atoms with E-state index in [2.05, 4.69) is 41.9 Å². The molecule has 2 fully saturated rings. The van der Waals surface area contributed by atoms with Crippen molar-refractivity contribution in [2.45, 2.75) is 37.9 Å². The van der Waals surface area contributed by atoms with Crippen molar-refractivity contribution in [3.63, 3.8) is 0 Å². The molecule has 0 heterocycles. The van der Waals surface area contributed by atoms with Gasteiger partial charge in [0.15, 0.2) is 0 Å². The van der Waals surface area contributed by atoms with Gasteiger partial charge in [0.25, 0.3) is 0 Å². The standard InChI is InChI=1S/C15H18BrCl/c1-8-3-13(14(17)4-9(8)2)15(16)12-6-10-5-11(10)7-12/h3-4,10-12,15H,5-7H2,1-2H3. The summed E-state index contributed by atoms with van der Waals surface area (Å²) in [5.41, 5.74) is 3.92. The zero-order valence-corrected chi connectivity index (χ0v) is 12.7. The molecule has 1 aromatic carbocycles. The molecule has 3 rings (SSSR count). The highest BCUT2D eigenvalue weighted by molar-refractivity contribution is 9.09. The second kappa shape index (κ2) is 4.28. The van der Waals surface area contributed by atoms with Crippen molar-refractivity contribution in [2.24, 2.45) is 17.8 Å². The number of alkyl halides is 1. The minimum atomic E-state index is 0.446. The zero-order chi connectivity index (χ0) is 12.2. The van der Waals surface area contributed by atoms with Gasteiger partial charge in [-0.15, -0.1) is 0 Å². The van der Waals surface area contributed by atoms with Gasteiger partial charge >= 0.3 is 0 Å². The summed E-state index contributed by atoms with van der Waals surface area (Å²) in [6, 6.07) is 4.37. The van der Waals surface area contributed by atoms with Crippen LogP contribution >= 0.6 is 27.5 Å². The number of hydrogen-bond acceptors (Lipinski definition) is 0. The molecule has 1 aromatic rings. The van der Waals surface area contributed by atoms with Crippen LogP contribution in [0.25, 0.3) is 0 Å². The minimum absolute atomic E-state index is 0.446. The maximum Gasteiger partial charge on any atom is 0.0452 e. The quantitative estimate of drug-likeness (QED) is 0.638. The van der Waals surface area contributed by atoms with E-state index in [4.69, 9.17) is 11.6 Å². The molecule has 0 radical (unpaired) electrons. The lowest BCUT2D eigenvalue weighted by atomic mass is 9.93. The third kappa shape index (κ3) is 2.17. The Labute approximate surface area is 117 Å². The highest BCUT2D eigenvalue weighted by Gasteiger charge is 2.47. The fourth-order valence-corrected chi connectivity index (χ4v) is 4.55. The molecule has 0 spiro atoms. The van der Waals surface area contributed by atoms with Crippen LogP contribution in [0, 0.1) is 31.6 Å². The smallest absolute Gasteiger partial charge is 0.0452 e. The molecule has 17 heavy (non-hydrogen) atoms. The number of rotatable bonds is 2. The lowest BCUT2D eigenvalue weighted by molar-refractivity contribution is 0.482. The summed E-state index contributed by atoms with van der Waals surface area (Å²) in [6.45, 7) is 4.29. The molecule has 0 saturated heterocycles. The molecule has 0 N–H and O–H groups in total. The SMILES string of the molecule is Cc1cc(Cl)c(C(Br)C2CC3CC3C2)cc1C. The van der Waals surface area contributed by atoms with Crippen LogP contribution in [0.15, 0.2) is 12.1 Å². The Morgan fingerprint density at radius 2 is 1.71 bits per heavy atom. The second-order valence-corrected chi connectivity index (χ2v) is 7.24. The summed E-state index contributed by atoms with van der Waals surface area (Å²) in [4.78, 5) is 0.446. The van der Waals surface area contributed by atoms with Crippen molar-refractivity contribution in [1.82, 2.24) is 0 Å². The maximum atomic E-state index is 6.39. The van der Waals surface area contributed by atoms with Crippen LogP contribution in [-0.2, 0) is 0 Å². The van der Waals surface area contributed by atoms with E-state index in [1.807, 2.05) is 0 Å². The average Bonchev–Trinajstić information content (AvgIpc) is 2.90. The molecule has 0 amide bonds. The van der Waals surface area contributed by atoms with Crippen LogP contribution in [0.3, 0.4) is 0 Å². The number of halogens is 2. The van der Waals surface area contributed by atoms with Crippen molar-refractivity contribution in [1.29, 1.82) is 0 Å². The monoisotopic (exact) mass is 312 g/mol. The van der Waals surface area contributed by atoms with Gasteiger partial charge in [0, 0.05) is 9.85 Å². The number of fused-ring (bicyclic) bond motifs is 1. The Kier molecular flexibility index (Phi) is 3.03. The van der Waals surface area contributed by atoms with Gasteiger partial charge in [0.2, 0.25) is 0 Å². The normalized spacial score (nSPS) is 32.4. The third-order valence-corrected chi connectivity index (χ3v) is 6.17. The van der Waals surface area contributed by atoms with Gasteiger partial charge < -0.3 is 0 Å². The molecule has 2 heteroatoms. The van der Waals surface area contributed by atoms with E-state index in [1.54, 1.807) is 0 Å². The molecule has 2 aliphatic rings. The highest BCUT2D eigenvalue weighted by atomic mass is 79.9. The third-order valence-electron chi connectivity index (χ3n) is 4.60. The van der Waals surface area contributed by atoms with Gasteiger partial charge in [-0.05, 0) is 73.6 Å². The topological polar surface area (TPSA) is 0 Å². The first-order valence-electron chi connectivity index (χ1n) is 6.47. The Morgan fingerprint density at radius 1 is 1.12 bits per heavy atom. The summed E-state index contributed by atoms with van der Waals surface area (Å²) in [5.74, 6) is 2.86. The van der Waals surface area contributed by atoms with Crippen LogP contribution in [0.1, 0.15) is 40.8 Å². The fraction of sp³-hybridized carbons (Fsp3) is 0.600. The summed E-state index contributed by atoms with van der Waals surface area (Å²) >= 11 is 10.3. The fourth-order valence-electron chi connectivity index (χ4n) is 3.27. The highest BCUT2D eigenvalue weighted by Crippen LogP contribution is 2.59. The van der Waals surface area contributed by atoms with Crippen molar-refractivity contribution in [3.8, 4) is 0 Å². The van der Waals surface area contributed by atoms with Gasteiger partial charge in [-0.3, -0.25) is 0 Å². The Hall–Kier alpha value is -0.0100. The first-order chi connectivity index (χ1) is 8.06. The van der Waals surface area contributed by atoms with E-state index in [1.165, 1.54) is 36.0 Å². The van der Waals surface area contributed by atoms with E-state index < -0.39 is 0 Å². The average molecular weight is 314 g/mol. The van der Waals surface area contributed by atoms with Crippen molar-refractivity contribution in [2.75, 3.05) is 0 Å². The molecule has 0 aliphatic heterocycles. The van der Waals surface area contributed by atoms with Crippen LogP contribution in [0.5, 0.6) is 0 Å². The van der Waals surface area contributed by atoms with Gasteiger partial charge in [-0.2, -0.15) is 0 Å². The van der Waals surface area contributed by atoms with Crippen LogP contribution < -0.4 is 0 Å².